The summed E-state index contributed by atoms with van der Waals surface area (Å²) in [5, 5.41) is 13.8. The van der Waals surface area contributed by atoms with Gasteiger partial charge in [-0.15, -0.1) is 10.2 Å². The molecule has 1 aliphatic carbocycles. The van der Waals surface area contributed by atoms with Crippen LogP contribution in [-0.2, 0) is 4.79 Å². The van der Waals surface area contributed by atoms with Crippen LogP contribution in [0.3, 0.4) is 0 Å². The van der Waals surface area contributed by atoms with Crippen LogP contribution in [0.25, 0.3) is 11.4 Å². The van der Waals surface area contributed by atoms with Gasteiger partial charge >= 0.3 is 0 Å². The molecule has 0 bridgehead atoms. The van der Waals surface area contributed by atoms with Crippen LogP contribution in [0.2, 0.25) is 0 Å². The lowest BCUT2D eigenvalue weighted by Gasteiger charge is -2.25. The normalized spacial score (nSPS) is 14.5. The molecule has 0 radical (unpaired) electrons. The molecule has 3 aromatic rings. The number of ether oxygens (including phenoxy) is 1. The van der Waals surface area contributed by atoms with Crippen molar-refractivity contribution in [3.63, 3.8) is 0 Å². The zero-order valence-electron chi connectivity index (χ0n) is 19.0. The topological polar surface area (TPSA) is 81.4 Å². The number of thioether (sulfide) groups is 1. The van der Waals surface area contributed by atoms with Crippen molar-refractivity contribution in [2.24, 2.45) is 5.10 Å². The molecule has 0 spiro atoms. The van der Waals surface area contributed by atoms with Crippen molar-refractivity contribution in [2.75, 3.05) is 12.9 Å². The Balaban J connectivity index is 1.45. The zero-order valence-corrected chi connectivity index (χ0v) is 19.8. The lowest BCUT2D eigenvalue weighted by atomic mass is 9.95. The van der Waals surface area contributed by atoms with Crippen LogP contribution in [0.1, 0.15) is 49.3 Å². The Hall–Kier alpha value is -3.13. The van der Waals surface area contributed by atoms with Crippen molar-refractivity contribution < 1.29 is 9.53 Å². The Kier molecular flexibility index (Phi) is 7.78. The van der Waals surface area contributed by atoms with E-state index in [9.17, 15) is 4.79 Å². The second-order valence-corrected chi connectivity index (χ2v) is 9.10. The van der Waals surface area contributed by atoms with Crippen LogP contribution in [-0.4, -0.2) is 39.7 Å². The van der Waals surface area contributed by atoms with Crippen molar-refractivity contribution >= 4 is 23.9 Å². The van der Waals surface area contributed by atoms with Crippen molar-refractivity contribution in [3.05, 3.63) is 59.7 Å². The number of para-hydroxylation sites is 1. The van der Waals surface area contributed by atoms with E-state index in [0.717, 1.165) is 34.9 Å². The molecule has 0 saturated heterocycles. The van der Waals surface area contributed by atoms with Gasteiger partial charge < -0.3 is 4.74 Å². The summed E-state index contributed by atoms with van der Waals surface area (Å²) in [4.78, 5) is 12.4. The van der Waals surface area contributed by atoms with Crippen molar-refractivity contribution in [1.29, 1.82) is 0 Å². The summed E-state index contributed by atoms with van der Waals surface area (Å²) in [5.41, 5.74) is 5.65. The van der Waals surface area contributed by atoms with Gasteiger partial charge in [0.2, 0.25) is 0 Å². The van der Waals surface area contributed by atoms with Crippen molar-refractivity contribution in [2.45, 2.75) is 50.2 Å². The van der Waals surface area contributed by atoms with E-state index in [0.29, 0.717) is 11.8 Å². The standard InChI is InChI=1S/C25H29N5O2S/c1-18-12-14-19(15-13-18)24-28-29-25(30(24)21-9-4-3-5-10-21)33-17-23(31)27-26-16-20-8-6-7-11-22(20)32-2/h6-8,11-16,21H,3-5,9-10,17H2,1-2H3,(H,27,31)/b26-16+. The molecule has 33 heavy (non-hydrogen) atoms. The average molecular weight is 464 g/mol. The van der Waals surface area contributed by atoms with Crippen LogP contribution in [0, 0.1) is 6.92 Å². The van der Waals surface area contributed by atoms with Gasteiger partial charge in [-0.1, -0.05) is 73.0 Å². The number of aryl methyl sites for hydroxylation is 1. The average Bonchev–Trinajstić information content (AvgIpc) is 3.28. The minimum Gasteiger partial charge on any atom is -0.496 e. The molecule has 1 amide bonds. The number of nitrogens with one attached hydrogen (secondary N) is 1. The summed E-state index contributed by atoms with van der Waals surface area (Å²) < 4.78 is 7.53. The smallest absolute Gasteiger partial charge is 0.250 e. The highest BCUT2D eigenvalue weighted by Crippen LogP contribution is 2.35. The molecule has 1 fully saturated rings. The highest BCUT2D eigenvalue weighted by Gasteiger charge is 2.24. The molecule has 1 heterocycles. The van der Waals surface area contributed by atoms with Crippen LogP contribution in [0.15, 0.2) is 58.8 Å². The number of nitrogens with zero attached hydrogens (tertiary/aromatic N) is 4. The summed E-state index contributed by atoms with van der Waals surface area (Å²) in [5.74, 6) is 1.59. The third kappa shape index (κ3) is 5.82. The third-order valence-electron chi connectivity index (χ3n) is 5.78. The molecule has 2 aromatic carbocycles. The molecule has 0 atom stereocenters. The molecule has 4 rings (SSSR count). The minimum absolute atomic E-state index is 0.193. The van der Waals surface area contributed by atoms with Gasteiger partial charge in [-0.25, -0.2) is 5.43 Å². The largest absolute Gasteiger partial charge is 0.496 e. The lowest BCUT2D eigenvalue weighted by Crippen LogP contribution is -2.20. The second-order valence-electron chi connectivity index (χ2n) is 8.16. The number of benzene rings is 2. The van der Waals surface area contributed by atoms with E-state index in [4.69, 9.17) is 4.74 Å². The van der Waals surface area contributed by atoms with Gasteiger partial charge in [-0.2, -0.15) is 5.10 Å². The predicted octanol–water partition coefficient (Wildman–Crippen LogP) is 5.01. The Morgan fingerprint density at radius 1 is 1.15 bits per heavy atom. The first-order valence-electron chi connectivity index (χ1n) is 11.3. The number of carbonyl (C=O) groups is 1. The number of rotatable bonds is 8. The Bertz CT molecular complexity index is 1100. The molecule has 0 aliphatic heterocycles. The van der Waals surface area contributed by atoms with Gasteiger partial charge in [0.05, 0.1) is 19.1 Å². The summed E-state index contributed by atoms with van der Waals surface area (Å²) in [6.07, 6.45) is 7.49. The van der Waals surface area contributed by atoms with Gasteiger partial charge in [0.15, 0.2) is 11.0 Å². The molecule has 1 aliphatic rings. The molecular weight excluding hydrogens is 434 g/mol. The first kappa shape index (κ1) is 23.0. The number of methoxy groups -OCH3 is 1. The van der Waals surface area contributed by atoms with E-state index in [1.54, 1.807) is 13.3 Å². The molecule has 172 valence electrons. The summed E-state index contributed by atoms with van der Waals surface area (Å²) in [6.45, 7) is 2.08. The Morgan fingerprint density at radius 3 is 2.67 bits per heavy atom. The fourth-order valence-electron chi connectivity index (χ4n) is 4.05. The van der Waals surface area contributed by atoms with Gasteiger partial charge in [0.25, 0.3) is 5.91 Å². The first-order valence-corrected chi connectivity index (χ1v) is 12.2. The number of carbonyl (C=O) groups excluding carboxylic acids is 1. The Labute approximate surface area is 198 Å². The first-order chi connectivity index (χ1) is 16.2. The number of hydrazone groups is 1. The lowest BCUT2D eigenvalue weighted by molar-refractivity contribution is -0.118. The number of amides is 1. The maximum absolute atomic E-state index is 12.4. The predicted molar refractivity (Wildman–Crippen MR) is 132 cm³/mol. The van der Waals surface area contributed by atoms with Gasteiger partial charge in [-0.3, -0.25) is 9.36 Å². The molecule has 8 heteroatoms. The zero-order chi connectivity index (χ0) is 23.0. The fraction of sp³-hybridized carbons (Fsp3) is 0.360. The second kappa shape index (κ2) is 11.1. The van der Waals surface area contributed by atoms with Crippen LogP contribution in [0.4, 0.5) is 0 Å². The molecule has 1 N–H and O–H groups in total. The SMILES string of the molecule is COc1ccccc1/C=N/NC(=O)CSc1nnc(-c2ccc(C)cc2)n1C1CCCCC1. The molecule has 1 saturated carbocycles. The molecule has 0 unspecified atom stereocenters. The van der Waals surface area contributed by atoms with Crippen molar-refractivity contribution in [1.82, 2.24) is 20.2 Å². The maximum Gasteiger partial charge on any atom is 0.250 e. The maximum atomic E-state index is 12.4. The van der Waals surface area contributed by atoms with Crippen LogP contribution >= 0.6 is 11.8 Å². The quantitative estimate of drug-likeness (QED) is 0.288. The monoisotopic (exact) mass is 463 g/mol. The fourth-order valence-corrected chi connectivity index (χ4v) is 4.85. The number of hydrogen-bond acceptors (Lipinski definition) is 6. The number of hydrogen-bond donors (Lipinski definition) is 1. The van der Waals surface area contributed by atoms with E-state index in [2.05, 4.69) is 56.5 Å². The molecular formula is C25H29N5O2S. The summed E-state index contributed by atoms with van der Waals surface area (Å²) in [7, 11) is 1.61. The van der Waals surface area contributed by atoms with Crippen molar-refractivity contribution in [3.8, 4) is 17.1 Å². The van der Waals surface area contributed by atoms with E-state index < -0.39 is 0 Å². The summed E-state index contributed by atoms with van der Waals surface area (Å²) >= 11 is 1.40. The van der Waals surface area contributed by atoms with Gasteiger partial charge in [-0.05, 0) is 31.9 Å². The number of aromatic nitrogens is 3. The van der Waals surface area contributed by atoms with Gasteiger partial charge in [0.1, 0.15) is 5.75 Å². The van der Waals surface area contributed by atoms with Gasteiger partial charge in [0, 0.05) is 17.2 Å². The highest BCUT2D eigenvalue weighted by molar-refractivity contribution is 7.99. The summed E-state index contributed by atoms with van der Waals surface area (Å²) in [6, 6.07) is 16.2. The van der Waals surface area contributed by atoms with Crippen LogP contribution < -0.4 is 10.2 Å². The van der Waals surface area contributed by atoms with E-state index in [1.165, 1.54) is 36.6 Å². The Morgan fingerprint density at radius 2 is 1.91 bits per heavy atom. The van der Waals surface area contributed by atoms with E-state index in [1.807, 2.05) is 24.3 Å². The molecule has 1 aromatic heterocycles. The van der Waals surface area contributed by atoms with Crippen LogP contribution in [0.5, 0.6) is 5.75 Å². The third-order valence-corrected chi connectivity index (χ3v) is 6.72. The molecule has 7 nitrogen and oxygen atoms in total. The highest BCUT2D eigenvalue weighted by atomic mass is 32.2. The van der Waals surface area contributed by atoms with E-state index >= 15 is 0 Å². The minimum atomic E-state index is -0.193. The van der Waals surface area contributed by atoms with E-state index in [-0.39, 0.29) is 11.7 Å².